The van der Waals surface area contributed by atoms with E-state index in [1.54, 1.807) is 31.3 Å². The molecule has 1 heterocycles. The van der Waals surface area contributed by atoms with E-state index in [1.165, 1.54) is 12.1 Å². The highest BCUT2D eigenvalue weighted by molar-refractivity contribution is 5.64. The number of aromatic nitrogens is 1. The Morgan fingerprint density at radius 1 is 1.13 bits per heavy atom. The smallest absolute Gasteiger partial charge is 0.137 e. The molecule has 1 aromatic heterocycles. The van der Waals surface area contributed by atoms with Crippen molar-refractivity contribution in [2.45, 2.75) is 6.92 Å². The summed E-state index contributed by atoms with van der Waals surface area (Å²) < 4.78 is 12.7. The van der Waals surface area contributed by atoms with Crippen molar-refractivity contribution in [1.82, 2.24) is 4.98 Å². The van der Waals surface area contributed by atoms with Gasteiger partial charge in [-0.05, 0) is 30.7 Å². The lowest BCUT2D eigenvalue weighted by molar-refractivity contribution is 0.468. The second kappa shape index (κ2) is 3.69. The Labute approximate surface area is 87.0 Å². The number of aromatic hydroxyl groups is 1. The molecule has 2 rings (SSSR count). The van der Waals surface area contributed by atoms with Crippen molar-refractivity contribution in [1.29, 1.82) is 0 Å². The SMILES string of the molecule is Cc1ncc(-c2ccc(F)cc2)cc1O. The molecular weight excluding hydrogens is 193 g/mol. The number of aryl methyl sites for hydroxylation is 1. The van der Waals surface area contributed by atoms with Gasteiger partial charge in [0.1, 0.15) is 11.6 Å². The molecule has 0 atom stereocenters. The zero-order chi connectivity index (χ0) is 10.8. The number of rotatable bonds is 1. The van der Waals surface area contributed by atoms with Crippen LogP contribution < -0.4 is 0 Å². The molecule has 1 aromatic carbocycles. The normalized spacial score (nSPS) is 10.3. The van der Waals surface area contributed by atoms with E-state index < -0.39 is 0 Å². The van der Waals surface area contributed by atoms with Gasteiger partial charge in [-0.25, -0.2) is 4.39 Å². The number of halogens is 1. The highest BCUT2D eigenvalue weighted by Crippen LogP contribution is 2.24. The highest BCUT2D eigenvalue weighted by atomic mass is 19.1. The fraction of sp³-hybridized carbons (Fsp3) is 0.0833. The lowest BCUT2D eigenvalue weighted by atomic mass is 10.1. The zero-order valence-electron chi connectivity index (χ0n) is 8.24. The molecule has 0 bridgehead atoms. The molecule has 15 heavy (non-hydrogen) atoms. The van der Waals surface area contributed by atoms with Crippen molar-refractivity contribution in [3.8, 4) is 16.9 Å². The van der Waals surface area contributed by atoms with E-state index in [0.29, 0.717) is 5.69 Å². The van der Waals surface area contributed by atoms with Gasteiger partial charge in [0.2, 0.25) is 0 Å². The summed E-state index contributed by atoms with van der Waals surface area (Å²) >= 11 is 0. The quantitative estimate of drug-likeness (QED) is 0.773. The molecule has 0 spiro atoms. The van der Waals surface area contributed by atoms with Crippen LogP contribution in [-0.4, -0.2) is 10.1 Å². The highest BCUT2D eigenvalue weighted by Gasteiger charge is 2.02. The standard InChI is InChI=1S/C12H10FNO/c1-8-12(15)6-10(7-14-8)9-2-4-11(13)5-3-9/h2-7,15H,1H3. The van der Waals surface area contributed by atoms with Gasteiger partial charge in [0, 0.05) is 11.8 Å². The van der Waals surface area contributed by atoms with E-state index in [-0.39, 0.29) is 11.6 Å². The van der Waals surface area contributed by atoms with Crippen LogP contribution in [0.15, 0.2) is 36.5 Å². The first-order valence-electron chi connectivity index (χ1n) is 4.58. The third-order valence-electron chi connectivity index (χ3n) is 2.24. The van der Waals surface area contributed by atoms with Crippen molar-refractivity contribution in [3.63, 3.8) is 0 Å². The Morgan fingerprint density at radius 3 is 2.40 bits per heavy atom. The molecule has 76 valence electrons. The molecule has 0 aliphatic carbocycles. The van der Waals surface area contributed by atoms with Crippen LogP contribution in [0.1, 0.15) is 5.69 Å². The summed E-state index contributed by atoms with van der Waals surface area (Å²) in [7, 11) is 0. The topological polar surface area (TPSA) is 33.1 Å². The monoisotopic (exact) mass is 203 g/mol. The second-order valence-electron chi connectivity index (χ2n) is 3.34. The van der Waals surface area contributed by atoms with Gasteiger partial charge in [-0.3, -0.25) is 4.98 Å². The summed E-state index contributed by atoms with van der Waals surface area (Å²) in [5.74, 6) is -0.125. The molecule has 1 N–H and O–H groups in total. The van der Waals surface area contributed by atoms with E-state index in [2.05, 4.69) is 4.98 Å². The Morgan fingerprint density at radius 2 is 1.80 bits per heavy atom. The molecule has 0 saturated carbocycles. The Hall–Kier alpha value is -1.90. The number of pyridine rings is 1. The minimum atomic E-state index is -0.275. The Bertz CT molecular complexity index is 479. The summed E-state index contributed by atoms with van der Waals surface area (Å²) in [5, 5.41) is 9.48. The lowest BCUT2D eigenvalue weighted by Gasteiger charge is -2.03. The molecule has 0 aliphatic rings. The Kier molecular flexibility index (Phi) is 2.37. The Balaban J connectivity index is 2.45. The van der Waals surface area contributed by atoms with Gasteiger partial charge >= 0.3 is 0 Å². The van der Waals surface area contributed by atoms with Crippen LogP contribution in [0.4, 0.5) is 4.39 Å². The first-order chi connectivity index (χ1) is 7.16. The third-order valence-corrected chi connectivity index (χ3v) is 2.24. The van der Waals surface area contributed by atoms with Crippen molar-refractivity contribution in [2.75, 3.05) is 0 Å². The van der Waals surface area contributed by atoms with Gasteiger partial charge in [0.05, 0.1) is 5.69 Å². The first-order valence-corrected chi connectivity index (χ1v) is 4.58. The first kappa shape index (κ1) is 9.65. The zero-order valence-corrected chi connectivity index (χ0v) is 8.24. The fourth-order valence-electron chi connectivity index (χ4n) is 1.32. The average Bonchev–Trinajstić information content (AvgIpc) is 2.23. The van der Waals surface area contributed by atoms with E-state index in [0.717, 1.165) is 11.1 Å². The van der Waals surface area contributed by atoms with Crippen LogP contribution in [-0.2, 0) is 0 Å². The number of hydrogen-bond donors (Lipinski definition) is 1. The van der Waals surface area contributed by atoms with Crippen molar-refractivity contribution in [2.24, 2.45) is 0 Å². The molecular formula is C12H10FNO. The fourth-order valence-corrected chi connectivity index (χ4v) is 1.32. The van der Waals surface area contributed by atoms with E-state index in [9.17, 15) is 9.50 Å². The summed E-state index contributed by atoms with van der Waals surface area (Å²) in [6, 6.07) is 7.69. The van der Waals surface area contributed by atoms with E-state index in [1.807, 2.05) is 0 Å². The second-order valence-corrected chi connectivity index (χ2v) is 3.34. The minimum Gasteiger partial charge on any atom is -0.506 e. The summed E-state index contributed by atoms with van der Waals surface area (Å²) in [5.41, 5.74) is 2.19. The molecule has 0 radical (unpaired) electrons. The largest absolute Gasteiger partial charge is 0.506 e. The lowest BCUT2D eigenvalue weighted by Crippen LogP contribution is -1.84. The van der Waals surface area contributed by atoms with Crippen molar-refractivity contribution < 1.29 is 9.50 Å². The predicted molar refractivity (Wildman–Crippen MR) is 56.0 cm³/mol. The number of benzene rings is 1. The molecule has 0 fully saturated rings. The summed E-state index contributed by atoms with van der Waals surface area (Å²) in [6.07, 6.45) is 1.66. The van der Waals surface area contributed by atoms with Gasteiger partial charge in [0.25, 0.3) is 0 Å². The van der Waals surface area contributed by atoms with Crippen LogP contribution in [0.25, 0.3) is 11.1 Å². The van der Waals surface area contributed by atoms with Crippen LogP contribution >= 0.6 is 0 Å². The third kappa shape index (κ3) is 1.96. The molecule has 0 unspecified atom stereocenters. The number of nitrogens with zero attached hydrogens (tertiary/aromatic N) is 1. The van der Waals surface area contributed by atoms with Crippen LogP contribution in [0.3, 0.4) is 0 Å². The van der Waals surface area contributed by atoms with Gasteiger partial charge < -0.3 is 5.11 Å². The maximum Gasteiger partial charge on any atom is 0.137 e. The predicted octanol–water partition coefficient (Wildman–Crippen LogP) is 2.90. The number of hydrogen-bond acceptors (Lipinski definition) is 2. The summed E-state index contributed by atoms with van der Waals surface area (Å²) in [6.45, 7) is 1.73. The van der Waals surface area contributed by atoms with Crippen molar-refractivity contribution >= 4 is 0 Å². The van der Waals surface area contributed by atoms with Crippen LogP contribution in [0.5, 0.6) is 5.75 Å². The molecule has 2 aromatic rings. The summed E-state index contributed by atoms with van der Waals surface area (Å²) in [4.78, 5) is 4.03. The molecule has 0 amide bonds. The maximum atomic E-state index is 12.7. The molecule has 0 saturated heterocycles. The van der Waals surface area contributed by atoms with E-state index in [4.69, 9.17) is 0 Å². The van der Waals surface area contributed by atoms with Gasteiger partial charge in [-0.2, -0.15) is 0 Å². The molecule has 3 heteroatoms. The van der Waals surface area contributed by atoms with Gasteiger partial charge in [0.15, 0.2) is 0 Å². The van der Waals surface area contributed by atoms with Crippen LogP contribution in [0.2, 0.25) is 0 Å². The van der Waals surface area contributed by atoms with E-state index >= 15 is 0 Å². The van der Waals surface area contributed by atoms with Crippen molar-refractivity contribution in [3.05, 3.63) is 48.0 Å². The maximum absolute atomic E-state index is 12.7. The molecule has 0 aliphatic heterocycles. The van der Waals surface area contributed by atoms with Gasteiger partial charge in [-0.15, -0.1) is 0 Å². The average molecular weight is 203 g/mol. The minimum absolute atomic E-state index is 0.150. The van der Waals surface area contributed by atoms with Crippen LogP contribution in [0, 0.1) is 12.7 Å². The molecule has 2 nitrogen and oxygen atoms in total. The van der Waals surface area contributed by atoms with Gasteiger partial charge in [-0.1, -0.05) is 12.1 Å².